The van der Waals surface area contributed by atoms with Crippen LogP contribution < -0.4 is 0 Å². The molecule has 1 saturated carbocycles. The van der Waals surface area contributed by atoms with E-state index in [4.69, 9.17) is 5.11 Å². The van der Waals surface area contributed by atoms with Crippen LogP contribution in [0.3, 0.4) is 0 Å². The molecule has 1 unspecified atom stereocenters. The molecule has 92 valence electrons. The Kier molecular flexibility index (Phi) is 4.29. The number of hydrogen-bond donors (Lipinski definition) is 1. The zero-order valence-electron chi connectivity index (χ0n) is 10.1. The molecule has 0 bridgehead atoms. The average Bonchev–Trinajstić information content (AvgIpc) is 3.00. The predicted octanol–water partition coefficient (Wildman–Crippen LogP) is 0.402. The van der Waals surface area contributed by atoms with Gasteiger partial charge in [0.2, 0.25) is 5.91 Å². The van der Waals surface area contributed by atoms with E-state index in [0.717, 1.165) is 12.8 Å². The van der Waals surface area contributed by atoms with E-state index in [1.807, 2.05) is 11.8 Å². The molecule has 1 fully saturated rings. The van der Waals surface area contributed by atoms with Gasteiger partial charge in [0.05, 0.1) is 12.5 Å². The number of carboxylic acids is 1. The molecular formula is C11H20N2O3. The molecule has 0 spiro atoms. The molecule has 0 aromatic rings. The molecule has 5 nitrogen and oxygen atoms in total. The van der Waals surface area contributed by atoms with Crippen molar-refractivity contribution in [3.05, 3.63) is 0 Å². The third kappa shape index (κ3) is 3.48. The number of carbonyl (C=O) groups excluding carboxylic acids is 1. The number of amides is 1. The summed E-state index contributed by atoms with van der Waals surface area (Å²) in [6.07, 6.45) is 2.25. The van der Waals surface area contributed by atoms with Crippen LogP contribution in [0, 0.1) is 0 Å². The van der Waals surface area contributed by atoms with Gasteiger partial charge in [-0.15, -0.1) is 0 Å². The number of nitrogens with zero attached hydrogens (tertiary/aromatic N) is 2. The summed E-state index contributed by atoms with van der Waals surface area (Å²) in [7, 11) is 3.45. The van der Waals surface area contributed by atoms with Crippen LogP contribution in [-0.2, 0) is 9.59 Å². The fourth-order valence-electron chi connectivity index (χ4n) is 1.84. The molecule has 1 aliphatic carbocycles. The lowest BCUT2D eigenvalue weighted by Gasteiger charge is -2.29. The van der Waals surface area contributed by atoms with Gasteiger partial charge >= 0.3 is 5.97 Å². The second-order valence-corrected chi connectivity index (χ2v) is 4.52. The number of rotatable bonds is 6. The Labute approximate surface area is 96.0 Å². The van der Waals surface area contributed by atoms with Crippen molar-refractivity contribution in [1.82, 2.24) is 9.80 Å². The van der Waals surface area contributed by atoms with Gasteiger partial charge in [0.1, 0.15) is 0 Å². The molecule has 1 aliphatic rings. The van der Waals surface area contributed by atoms with Crippen LogP contribution in [0.15, 0.2) is 0 Å². The summed E-state index contributed by atoms with van der Waals surface area (Å²) in [5.41, 5.74) is 0. The van der Waals surface area contributed by atoms with Crippen LogP contribution in [0.5, 0.6) is 0 Å². The number of carbonyl (C=O) groups is 2. The summed E-state index contributed by atoms with van der Waals surface area (Å²) in [4.78, 5) is 25.9. The maximum atomic E-state index is 11.8. The van der Waals surface area contributed by atoms with Crippen LogP contribution in [0.2, 0.25) is 0 Å². The number of carboxylic acid groups (broad SMARTS) is 1. The third-order valence-corrected chi connectivity index (χ3v) is 2.90. The predicted molar refractivity (Wildman–Crippen MR) is 60.1 cm³/mol. The zero-order chi connectivity index (χ0) is 12.3. The van der Waals surface area contributed by atoms with E-state index in [1.165, 1.54) is 0 Å². The highest BCUT2D eigenvalue weighted by molar-refractivity contribution is 5.81. The van der Waals surface area contributed by atoms with Crippen molar-refractivity contribution in [3.8, 4) is 0 Å². The van der Waals surface area contributed by atoms with Gasteiger partial charge in [-0.2, -0.15) is 0 Å². The van der Waals surface area contributed by atoms with E-state index in [1.54, 1.807) is 19.0 Å². The first-order valence-corrected chi connectivity index (χ1v) is 5.62. The molecule has 1 N–H and O–H groups in total. The van der Waals surface area contributed by atoms with Crippen molar-refractivity contribution in [3.63, 3.8) is 0 Å². The first-order chi connectivity index (χ1) is 7.43. The van der Waals surface area contributed by atoms with E-state index < -0.39 is 5.97 Å². The number of likely N-dealkylation sites (N-methyl/N-ethyl adjacent to an activating group) is 1. The number of aliphatic carboxylic acids is 1. The van der Waals surface area contributed by atoms with Crippen molar-refractivity contribution in [2.75, 3.05) is 20.6 Å². The summed E-state index contributed by atoms with van der Waals surface area (Å²) in [5.74, 6) is -0.771. The molecule has 0 saturated heterocycles. The molecule has 0 aliphatic heterocycles. The molecule has 5 heteroatoms. The molecule has 0 aromatic heterocycles. The van der Waals surface area contributed by atoms with Crippen LogP contribution in [-0.4, -0.2) is 59.5 Å². The van der Waals surface area contributed by atoms with Gasteiger partial charge in [-0.3, -0.25) is 14.5 Å². The van der Waals surface area contributed by atoms with Gasteiger partial charge in [0.15, 0.2) is 0 Å². The molecule has 1 amide bonds. The number of hydrogen-bond acceptors (Lipinski definition) is 3. The van der Waals surface area contributed by atoms with E-state index in [2.05, 4.69) is 0 Å². The minimum atomic E-state index is -0.810. The maximum absolute atomic E-state index is 11.8. The third-order valence-electron chi connectivity index (χ3n) is 2.90. The first kappa shape index (κ1) is 13.0. The highest BCUT2D eigenvalue weighted by atomic mass is 16.4. The second kappa shape index (κ2) is 5.30. The summed E-state index contributed by atoms with van der Waals surface area (Å²) < 4.78 is 0. The Hall–Kier alpha value is -1.10. The van der Waals surface area contributed by atoms with Gasteiger partial charge in [-0.25, -0.2) is 0 Å². The van der Waals surface area contributed by atoms with Gasteiger partial charge in [0.25, 0.3) is 0 Å². The van der Waals surface area contributed by atoms with Crippen LogP contribution in [0.4, 0.5) is 0 Å². The van der Waals surface area contributed by atoms with Crippen LogP contribution in [0.25, 0.3) is 0 Å². The largest absolute Gasteiger partial charge is 0.481 e. The average molecular weight is 228 g/mol. The van der Waals surface area contributed by atoms with Gasteiger partial charge in [-0.1, -0.05) is 0 Å². The Morgan fingerprint density at radius 3 is 2.31 bits per heavy atom. The Bertz CT molecular complexity index is 274. The fourth-order valence-corrected chi connectivity index (χ4v) is 1.84. The Morgan fingerprint density at radius 2 is 1.94 bits per heavy atom. The molecular weight excluding hydrogens is 208 g/mol. The van der Waals surface area contributed by atoms with E-state index >= 15 is 0 Å². The van der Waals surface area contributed by atoms with Crippen LogP contribution >= 0.6 is 0 Å². The maximum Gasteiger partial charge on any atom is 0.304 e. The summed E-state index contributed by atoms with van der Waals surface area (Å²) in [6, 6.07) is 0.181. The second-order valence-electron chi connectivity index (χ2n) is 4.52. The van der Waals surface area contributed by atoms with Crippen molar-refractivity contribution < 1.29 is 14.7 Å². The summed E-state index contributed by atoms with van der Waals surface area (Å²) >= 11 is 0. The molecule has 0 aromatic carbocycles. The van der Waals surface area contributed by atoms with Crippen molar-refractivity contribution in [1.29, 1.82) is 0 Å². The van der Waals surface area contributed by atoms with Gasteiger partial charge in [-0.05, 0) is 19.8 Å². The zero-order valence-corrected chi connectivity index (χ0v) is 10.1. The quantitative estimate of drug-likeness (QED) is 0.715. The lowest BCUT2D eigenvalue weighted by atomic mass is 10.2. The lowest BCUT2D eigenvalue weighted by Crippen LogP contribution is -2.46. The lowest BCUT2D eigenvalue weighted by molar-refractivity contribution is -0.139. The minimum absolute atomic E-state index is 0.0392. The highest BCUT2D eigenvalue weighted by Crippen LogP contribution is 2.29. The summed E-state index contributed by atoms with van der Waals surface area (Å²) in [6.45, 7) is 2.31. The molecule has 16 heavy (non-hydrogen) atoms. The van der Waals surface area contributed by atoms with E-state index in [9.17, 15) is 9.59 Å². The normalized spacial score (nSPS) is 17.2. The van der Waals surface area contributed by atoms with Crippen LogP contribution in [0.1, 0.15) is 26.2 Å². The van der Waals surface area contributed by atoms with Crippen molar-refractivity contribution in [2.45, 2.75) is 38.3 Å². The SMILES string of the molecule is CC(C(=O)N(C)C)N(CCC(=O)O)C1CC1. The smallest absolute Gasteiger partial charge is 0.304 e. The first-order valence-electron chi connectivity index (χ1n) is 5.62. The minimum Gasteiger partial charge on any atom is -0.481 e. The Morgan fingerprint density at radius 1 is 1.38 bits per heavy atom. The van der Waals surface area contributed by atoms with E-state index in [0.29, 0.717) is 12.6 Å². The highest BCUT2D eigenvalue weighted by Gasteiger charge is 2.35. The standard InChI is InChI=1S/C11H20N2O3/c1-8(11(16)12(2)3)13(9-4-5-9)7-6-10(14)15/h8-9H,4-7H2,1-3H3,(H,14,15). The van der Waals surface area contributed by atoms with Crippen molar-refractivity contribution in [2.24, 2.45) is 0 Å². The topological polar surface area (TPSA) is 60.9 Å². The molecule has 1 rings (SSSR count). The van der Waals surface area contributed by atoms with Crippen molar-refractivity contribution >= 4 is 11.9 Å². The summed E-state index contributed by atoms with van der Waals surface area (Å²) in [5, 5.41) is 8.67. The molecule has 0 radical (unpaired) electrons. The molecule has 1 atom stereocenters. The Balaban J connectivity index is 2.55. The van der Waals surface area contributed by atoms with E-state index in [-0.39, 0.29) is 18.4 Å². The fraction of sp³-hybridized carbons (Fsp3) is 0.818. The van der Waals surface area contributed by atoms with Gasteiger partial charge in [0, 0.05) is 26.7 Å². The molecule has 0 heterocycles. The monoisotopic (exact) mass is 228 g/mol. The van der Waals surface area contributed by atoms with Gasteiger partial charge < -0.3 is 10.0 Å².